The highest BCUT2D eigenvalue weighted by atomic mass is 79.9. The van der Waals surface area contributed by atoms with Crippen LogP contribution in [0.5, 0.6) is 5.75 Å². The first-order chi connectivity index (χ1) is 14.1. The molecule has 156 valence electrons. The third-order valence-electron chi connectivity index (χ3n) is 7.59. The minimum absolute atomic E-state index is 0.325. The zero-order valence-corrected chi connectivity index (χ0v) is 19.7. The fourth-order valence-corrected chi connectivity index (χ4v) is 6.43. The van der Waals surface area contributed by atoms with Gasteiger partial charge in [0.15, 0.2) is 0 Å². The molecule has 1 aliphatic heterocycles. The van der Waals surface area contributed by atoms with Gasteiger partial charge in [0, 0.05) is 17.1 Å². The Balaban J connectivity index is 1.61. The molecule has 2 aromatic rings. The zero-order chi connectivity index (χ0) is 20.4. The summed E-state index contributed by atoms with van der Waals surface area (Å²) in [6.07, 6.45) is 7.67. The lowest BCUT2D eigenvalue weighted by Gasteiger charge is -2.37. The lowest BCUT2D eigenvalue weighted by molar-refractivity contribution is 0.176. The van der Waals surface area contributed by atoms with Crippen LogP contribution in [0.2, 0.25) is 0 Å². The van der Waals surface area contributed by atoms with Gasteiger partial charge in [-0.05, 0) is 91.8 Å². The first kappa shape index (κ1) is 20.9. The first-order valence-corrected chi connectivity index (χ1v) is 12.0. The molecule has 29 heavy (non-hydrogen) atoms. The molecule has 0 aromatic heterocycles. The van der Waals surface area contributed by atoms with Crippen LogP contribution in [0, 0.1) is 5.92 Å². The zero-order valence-electron chi connectivity index (χ0n) is 18.1. The summed E-state index contributed by atoms with van der Waals surface area (Å²) < 4.78 is 6.81. The maximum atomic E-state index is 5.56. The number of rotatable bonds is 5. The number of fused-ring (bicyclic) bond motifs is 1. The van der Waals surface area contributed by atoms with Crippen molar-refractivity contribution in [3.8, 4) is 5.75 Å². The van der Waals surface area contributed by atoms with Crippen molar-refractivity contribution >= 4 is 15.9 Å². The summed E-state index contributed by atoms with van der Waals surface area (Å²) in [7, 11) is 1.78. The van der Waals surface area contributed by atoms with Gasteiger partial charge in [0.25, 0.3) is 0 Å². The summed E-state index contributed by atoms with van der Waals surface area (Å²) in [5, 5.41) is 0. The van der Waals surface area contributed by atoms with Gasteiger partial charge in [0.2, 0.25) is 0 Å². The monoisotopic (exact) mass is 455 g/mol. The molecule has 0 bridgehead atoms. The third-order valence-corrected chi connectivity index (χ3v) is 8.31. The second kappa shape index (κ2) is 8.81. The second-order valence-electron chi connectivity index (χ2n) is 8.96. The number of hydrogen-bond acceptors (Lipinski definition) is 2. The summed E-state index contributed by atoms with van der Waals surface area (Å²) in [6.45, 7) is 7.02. The topological polar surface area (TPSA) is 12.5 Å². The van der Waals surface area contributed by atoms with Crippen LogP contribution in [-0.2, 0) is 11.8 Å². The van der Waals surface area contributed by atoms with Crippen molar-refractivity contribution in [2.45, 2.75) is 63.8 Å². The standard InChI is InChI=1S/C26H34BrNO/c1-4-20-11-12-25(27)24(16-20)19(2)28-15-7-14-26(13-6-9-22(26)18-28)21-8-5-10-23(17-21)29-3/h5,8,10-12,16-17,19,22H,4,6-7,9,13-15,18H2,1-3H3. The van der Waals surface area contributed by atoms with E-state index in [1.54, 1.807) is 7.11 Å². The van der Waals surface area contributed by atoms with E-state index in [2.05, 4.69) is 77.1 Å². The number of aryl methyl sites for hydroxylation is 1. The van der Waals surface area contributed by atoms with Crippen LogP contribution in [0.4, 0.5) is 0 Å². The Bertz CT molecular complexity index is 850. The van der Waals surface area contributed by atoms with E-state index >= 15 is 0 Å². The number of nitrogens with zero attached hydrogens (tertiary/aromatic N) is 1. The Kier molecular flexibility index (Phi) is 6.36. The predicted octanol–water partition coefficient (Wildman–Crippen LogP) is 6.92. The molecule has 2 aromatic carbocycles. The highest BCUT2D eigenvalue weighted by Gasteiger charge is 2.46. The SMILES string of the molecule is CCc1ccc(Br)c(C(C)N2CCCC3(c4cccc(OC)c4)CCCC3C2)c1. The average Bonchev–Trinajstić information content (AvgIpc) is 3.07. The minimum atomic E-state index is 0.325. The van der Waals surface area contributed by atoms with Gasteiger partial charge < -0.3 is 4.74 Å². The summed E-state index contributed by atoms with van der Waals surface area (Å²) >= 11 is 3.83. The molecule has 1 heterocycles. The number of benzene rings is 2. The molecule has 0 N–H and O–H groups in total. The molecular weight excluding hydrogens is 422 g/mol. The van der Waals surface area contributed by atoms with E-state index in [9.17, 15) is 0 Å². The quantitative estimate of drug-likeness (QED) is 0.485. The molecule has 0 amide bonds. The maximum absolute atomic E-state index is 5.56. The van der Waals surface area contributed by atoms with Crippen LogP contribution in [0.3, 0.4) is 0 Å². The molecule has 3 heteroatoms. The van der Waals surface area contributed by atoms with E-state index in [1.807, 2.05) is 0 Å². The van der Waals surface area contributed by atoms with E-state index in [-0.39, 0.29) is 0 Å². The number of likely N-dealkylation sites (tertiary alicyclic amines) is 1. The summed E-state index contributed by atoms with van der Waals surface area (Å²) in [4.78, 5) is 2.75. The van der Waals surface area contributed by atoms with E-state index in [1.165, 1.54) is 66.4 Å². The van der Waals surface area contributed by atoms with Crippen molar-refractivity contribution in [2.75, 3.05) is 20.2 Å². The van der Waals surface area contributed by atoms with Crippen molar-refractivity contribution in [3.05, 3.63) is 63.6 Å². The van der Waals surface area contributed by atoms with E-state index in [0.717, 1.165) is 18.1 Å². The lowest BCUT2D eigenvalue weighted by atomic mass is 9.69. The molecular formula is C26H34BrNO. The Morgan fingerprint density at radius 3 is 2.79 bits per heavy atom. The third kappa shape index (κ3) is 4.01. The molecule has 2 fully saturated rings. The minimum Gasteiger partial charge on any atom is -0.497 e. The molecule has 0 radical (unpaired) electrons. The Morgan fingerprint density at radius 1 is 1.17 bits per heavy atom. The van der Waals surface area contributed by atoms with Gasteiger partial charge in [-0.1, -0.05) is 53.5 Å². The van der Waals surface area contributed by atoms with Gasteiger partial charge in [-0.2, -0.15) is 0 Å². The molecule has 0 spiro atoms. The number of hydrogen-bond donors (Lipinski definition) is 0. The van der Waals surface area contributed by atoms with Crippen molar-refractivity contribution < 1.29 is 4.74 Å². The fourth-order valence-electron chi connectivity index (χ4n) is 5.85. The number of halogens is 1. The van der Waals surface area contributed by atoms with Crippen LogP contribution in [0.15, 0.2) is 46.9 Å². The smallest absolute Gasteiger partial charge is 0.119 e. The molecule has 2 aliphatic rings. The predicted molar refractivity (Wildman–Crippen MR) is 125 cm³/mol. The van der Waals surface area contributed by atoms with Gasteiger partial charge in [-0.3, -0.25) is 4.90 Å². The maximum Gasteiger partial charge on any atom is 0.119 e. The van der Waals surface area contributed by atoms with Crippen molar-refractivity contribution in [1.82, 2.24) is 4.90 Å². The second-order valence-corrected chi connectivity index (χ2v) is 9.82. The first-order valence-electron chi connectivity index (χ1n) is 11.2. The average molecular weight is 456 g/mol. The molecule has 3 unspecified atom stereocenters. The molecule has 1 aliphatic carbocycles. The molecule has 2 nitrogen and oxygen atoms in total. The highest BCUT2D eigenvalue weighted by molar-refractivity contribution is 9.10. The van der Waals surface area contributed by atoms with E-state index < -0.39 is 0 Å². The van der Waals surface area contributed by atoms with Crippen LogP contribution in [0.1, 0.15) is 68.7 Å². The summed E-state index contributed by atoms with van der Waals surface area (Å²) in [5.74, 6) is 1.73. The van der Waals surface area contributed by atoms with Gasteiger partial charge in [-0.15, -0.1) is 0 Å². The fraction of sp³-hybridized carbons (Fsp3) is 0.538. The summed E-state index contributed by atoms with van der Waals surface area (Å²) in [5.41, 5.74) is 4.70. The van der Waals surface area contributed by atoms with E-state index in [0.29, 0.717) is 11.5 Å². The van der Waals surface area contributed by atoms with Gasteiger partial charge in [0.1, 0.15) is 5.75 Å². The largest absolute Gasteiger partial charge is 0.497 e. The Labute approximate surface area is 184 Å². The van der Waals surface area contributed by atoms with Crippen LogP contribution in [-0.4, -0.2) is 25.1 Å². The molecule has 3 atom stereocenters. The summed E-state index contributed by atoms with van der Waals surface area (Å²) in [6, 6.07) is 16.2. The van der Waals surface area contributed by atoms with Gasteiger partial charge in [-0.25, -0.2) is 0 Å². The van der Waals surface area contributed by atoms with Crippen LogP contribution < -0.4 is 4.74 Å². The van der Waals surface area contributed by atoms with Gasteiger partial charge in [0.05, 0.1) is 7.11 Å². The Hall–Kier alpha value is -1.32. The molecule has 4 rings (SSSR count). The molecule has 1 saturated heterocycles. The van der Waals surface area contributed by atoms with Crippen molar-refractivity contribution in [1.29, 1.82) is 0 Å². The van der Waals surface area contributed by atoms with Gasteiger partial charge >= 0.3 is 0 Å². The Morgan fingerprint density at radius 2 is 2.00 bits per heavy atom. The number of methoxy groups -OCH3 is 1. The van der Waals surface area contributed by atoms with Crippen molar-refractivity contribution in [2.24, 2.45) is 5.92 Å². The van der Waals surface area contributed by atoms with Crippen LogP contribution in [0.25, 0.3) is 0 Å². The van der Waals surface area contributed by atoms with E-state index in [4.69, 9.17) is 4.74 Å². The number of ether oxygens (including phenoxy) is 1. The van der Waals surface area contributed by atoms with Crippen LogP contribution >= 0.6 is 15.9 Å². The normalized spacial score (nSPS) is 26.0. The highest BCUT2D eigenvalue weighted by Crippen LogP contribution is 2.51. The lowest BCUT2D eigenvalue weighted by Crippen LogP contribution is -2.37. The van der Waals surface area contributed by atoms with Crippen molar-refractivity contribution in [3.63, 3.8) is 0 Å². The molecule has 1 saturated carbocycles.